The minimum absolute atomic E-state index is 0.175. The summed E-state index contributed by atoms with van der Waals surface area (Å²) in [5.41, 5.74) is -0.621. The molecule has 6 nitrogen and oxygen atoms in total. The molecule has 1 amide bonds. The maximum Gasteiger partial charge on any atom is 0.410 e. The Kier molecular flexibility index (Phi) is 5.11. The van der Waals surface area contributed by atoms with Crippen LogP contribution in [0.15, 0.2) is 18.5 Å². The molecule has 1 aromatic heterocycles. The van der Waals surface area contributed by atoms with Crippen LogP contribution >= 0.6 is 0 Å². The van der Waals surface area contributed by atoms with Crippen molar-refractivity contribution in [1.29, 1.82) is 0 Å². The van der Waals surface area contributed by atoms with Gasteiger partial charge >= 0.3 is 6.09 Å². The molecule has 0 aliphatic carbocycles. The lowest BCUT2D eigenvalue weighted by molar-refractivity contribution is -0.0752. The molecule has 0 N–H and O–H groups in total. The Morgan fingerprint density at radius 2 is 2.00 bits per heavy atom. The summed E-state index contributed by atoms with van der Waals surface area (Å²) >= 11 is 0. The molecule has 0 aromatic carbocycles. The summed E-state index contributed by atoms with van der Waals surface area (Å²) in [5.74, 6) is 0. The van der Waals surface area contributed by atoms with Gasteiger partial charge in [-0.3, -0.25) is 4.68 Å². The molecule has 0 unspecified atom stereocenters. The van der Waals surface area contributed by atoms with Crippen LogP contribution in [-0.2, 0) is 16.0 Å². The maximum atomic E-state index is 12.0. The van der Waals surface area contributed by atoms with Crippen molar-refractivity contribution in [2.24, 2.45) is 0 Å². The van der Waals surface area contributed by atoms with Gasteiger partial charge < -0.3 is 14.4 Å². The van der Waals surface area contributed by atoms with E-state index < -0.39 is 5.60 Å². The molecule has 2 rings (SSSR count). The van der Waals surface area contributed by atoms with E-state index in [4.69, 9.17) is 9.47 Å². The topological polar surface area (TPSA) is 56.6 Å². The third kappa shape index (κ3) is 5.02. The van der Waals surface area contributed by atoms with Crippen molar-refractivity contribution in [1.82, 2.24) is 14.7 Å². The quantitative estimate of drug-likeness (QED) is 0.858. The van der Waals surface area contributed by atoms with Gasteiger partial charge in [-0.25, -0.2) is 4.79 Å². The number of piperidine rings is 1. The molecular formula is C16H27N3O3. The molecule has 2 heterocycles. The van der Waals surface area contributed by atoms with Gasteiger partial charge in [0.2, 0.25) is 0 Å². The lowest BCUT2D eigenvalue weighted by Gasteiger charge is -2.39. The van der Waals surface area contributed by atoms with Crippen LogP contribution in [0, 0.1) is 0 Å². The van der Waals surface area contributed by atoms with Gasteiger partial charge in [0.05, 0.1) is 18.8 Å². The smallest absolute Gasteiger partial charge is 0.410 e. The number of carbonyl (C=O) groups is 1. The van der Waals surface area contributed by atoms with E-state index >= 15 is 0 Å². The molecule has 6 heteroatoms. The SMILES string of the molecule is CC(C)(C)OC(=O)N1CCC(C)(OCCn2cccn2)CC1. The standard InChI is InChI=1S/C16H27N3O3/c1-15(2,3)22-14(20)18-10-6-16(4,7-11-18)21-13-12-19-9-5-8-17-19/h5,8-9H,6-7,10-13H2,1-4H3. The fraction of sp³-hybridized carbons (Fsp3) is 0.750. The Hall–Kier alpha value is -1.56. The van der Waals surface area contributed by atoms with Crippen LogP contribution in [0.5, 0.6) is 0 Å². The van der Waals surface area contributed by atoms with E-state index in [0.717, 1.165) is 19.4 Å². The van der Waals surface area contributed by atoms with Crippen LogP contribution < -0.4 is 0 Å². The number of amides is 1. The van der Waals surface area contributed by atoms with Crippen molar-refractivity contribution in [3.8, 4) is 0 Å². The molecule has 0 atom stereocenters. The average molecular weight is 309 g/mol. The van der Waals surface area contributed by atoms with Gasteiger partial charge in [0.25, 0.3) is 0 Å². The third-order valence-electron chi connectivity index (χ3n) is 3.80. The fourth-order valence-electron chi connectivity index (χ4n) is 2.45. The lowest BCUT2D eigenvalue weighted by Crippen LogP contribution is -2.48. The highest BCUT2D eigenvalue weighted by molar-refractivity contribution is 5.68. The van der Waals surface area contributed by atoms with Crippen molar-refractivity contribution in [3.05, 3.63) is 18.5 Å². The van der Waals surface area contributed by atoms with Crippen molar-refractivity contribution in [3.63, 3.8) is 0 Å². The predicted octanol–water partition coefficient (Wildman–Crippen LogP) is 2.69. The van der Waals surface area contributed by atoms with E-state index in [-0.39, 0.29) is 11.7 Å². The minimum atomic E-state index is -0.446. The first kappa shape index (κ1) is 16.8. The second kappa shape index (κ2) is 6.69. The molecule has 1 saturated heterocycles. The first-order valence-corrected chi connectivity index (χ1v) is 7.87. The summed E-state index contributed by atoms with van der Waals surface area (Å²) < 4.78 is 13.3. The van der Waals surface area contributed by atoms with E-state index in [1.807, 2.05) is 37.7 Å². The maximum absolute atomic E-state index is 12.0. The molecular weight excluding hydrogens is 282 g/mol. The Bertz CT molecular complexity index is 471. The largest absolute Gasteiger partial charge is 0.444 e. The Morgan fingerprint density at radius 1 is 1.32 bits per heavy atom. The van der Waals surface area contributed by atoms with Crippen LogP contribution in [0.3, 0.4) is 0 Å². The number of ether oxygens (including phenoxy) is 2. The van der Waals surface area contributed by atoms with Crippen molar-refractivity contribution in [2.75, 3.05) is 19.7 Å². The zero-order valence-corrected chi connectivity index (χ0v) is 14.0. The Morgan fingerprint density at radius 3 is 2.55 bits per heavy atom. The molecule has 1 fully saturated rings. The molecule has 0 radical (unpaired) electrons. The third-order valence-corrected chi connectivity index (χ3v) is 3.80. The molecule has 1 aliphatic heterocycles. The normalized spacial score (nSPS) is 18.3. The number of nitrogens with zero attached hydrogens (tertiary/aromatic N) is 3. The molecule has 1 aromatic rings. The number of hydrogen-bond donors (Lipinski definition) is 0. The van der Waals surface area contributed by atoms with Crippen molar-refractivity contribution >= 4 is 6.09 Å². The highest BCUT2D eigenvalue weighted by atomic mass is 16.6. The van der Waals surface area contributed by atoms with Crippen LogP contribution in [0.25, 0.3) is 0 Å². The van der Waals surface area contributed by atoms with Crippen LogP contribution in [0.1, 0.15) is 40.5 Å². The second-order valence-corrected chi connectivity index (χ2v) is 7.03. The zero-order valence-electron chi connectivity index (χ0n) is 14.0. The second-order valence-electron chi connectivity index (χ2n) is 7.03. The number of likely N-dealkylation sites (tertiary alicyclic amines) is 1. The predicted molar refractivity (Wildman–Crippen MR) is 83.6 cm³/mol. The van der Waals surface area contributed by atoms with Gasteiger partial charge in [-0.2, -0.15) is 5.10 Å². The van der Waals surface area contributed by atoms with E-state index in [1.165, 1.54) is 0 Å². The summed E-state index contributed by atoms with van der Waals surface area (Å²) in [4.78, 5) is 13.8. The highest BCUT2D eigenvalue weighted by Gasteiger charge is 2.34. The van der Waals surface area contributed by atoms with Gasteiger partial charge in [0.15, 0.2) is 0 Å². The van der Waals surface area contributed by atoms with Gasteiger partial charge in [-0.05, 0) is 46.6 Å². The summed E-state index contributed by atoms with van der Waals surface area (Å²) in [6.45, 7) is 10.5. The molecule has 1 aliphatic rings. The number of rotatable bonds is 4. The summed E-state index contributed by atoms with van der Waals surface area (Å²) in [6.07, 6.45) is 5.11. The average Bonchev–Trinajstić information content (AvgIpc) is 2.90. The summed E-state index contributed by atoms with van der Waals surface area (Å²) in [6, 6.07) is 1.90. The highest BCUT2D eigenvalue weighted by Crippen LogP contribution is 2.26. The van der Waals surface area contributed by atoms with Gasteiger partial charge in [0.1, 0.15) is 5.60 Å². The first-order valence-electron chi connectivity index (χ1n) is 7.87. The number of hydrogen-bond acceptors (Lipinski definition) is 4. The monoisotopic (exact) mass is 309 g/mol. The fourth-order valence-corrected chi connectivity index (χ4v) is 2.45. The van der Waals surface area contributed by atoms with E-state index in [9.17, 15) is 4.79 Å². The summed E-state index contributed by atoms with van der Waals surface area (Å²) in [7, 11) is 0. The minimum Gasteiger partial charge on any atom is -0.444 e. The van der Waals surface area contributed by atoms with Crippen LogP contribution in [0.2, 0.25) is 0 Å². The molecule has 0 saturated carbocycles. The summed E-state index contributed by atoms with van der Waals surface area (Å²) in [5, 5.41) is 4.16. The van der Waals surface area contributed by atoms with Gasteiger partial charge in [0, 0.05) is 25.5 Å². The van der Waals surface area contributed by atoms with Crippen LogP contribution in [-0.4, -0.2) is 51.7 Å². The number of aromatic nitrogens is 2. The van der Waals surface area contributed by atoms with Crippen molar-refractivity contribution in [2.45, 2.75) is 58.3 Å². The molecule has 22 heavy (non-hydrogen) atoms. The van der Waals surface area contributed by atoms with Crippen LogP contribution in [0.4, 0.5) is 4.79 Å². The molecule has 124 valence electrons. The first-order chi connectivity index (χ1) is 10.3. The van der Waals surface area contributed by atoms with E-state index in [2.05, 4.69) is 12.0 Å². The number of carbonyl (C=O) groups excluding carboxylic acids is 1. The van der Waals surface area contributed by atoms with Crippen molar-refractivity contribution < 1.29 is 14.3 Å². The van der Waals surface area contributed by atoms with Gasteiger partial charge in [-0.1, -0.05) is 0 Å². The van der Waals surface area contributed by atoms with E-state index in [1.54, 1.807) is 11.1 Å². The zero-order chi connectivity index (χ0) is 16.2. The van der Waals surface area contributed by atoms with E-state index in [0.29, 0.717) is 19.7 Å². The Labute approximate surface area is 132 Å². The van der Waals surface area contributed by atoms with Gasteiger partial charge in [-0.15, -0.1) is 0 Å². The lowest BCUT2D eigenvalue weighted by atomic mass is 9.93. The molecule has 0 bridgehead atoms. The molecule has 0 spiro atoms. The Balaban J connectivity index is 1.74.